The quantitative estimate of drug-likeness (QED) is 0.589. The van der Waals surface area contributed by atoms with Gasteiger partial charge in [0.2, 0.25) is 17.7 Å². The smallest absolute Gasteiger partial charge is 0.243 e. The lowest BCUT2D eigenvalue weighted by atomic mass is 10.0. The van der Waals surface area contributed by atoms with Gasteiger partial charge in [-0.3, -0.25) is 14.4 Å². The Morgan fingerprint density at radius 1 is 0.946 bits per heavy atom. The van der Waals surface area contributed by atoms with E-state index in [9.17, 15) is 14.4 Å². The van der Waals surface area contributed by atoms with Crippen LogP contribution in [0.15, 0.2) is 54.6 Å². The summed E-state index contributed by atoms with van der Waals surface area (Å²) in [5.41, 5.74) is 2.02. The molecule has 1 aliphatic heterocycles. The maximum Gasteiger partial charge on any atom is 0.243 e. The summed E-state index contributed by atoms with van der Waals surface area (Å²) in [6, 6.07) is 15.6. The third kappa shape index (κ3) is 8.32. The van der Waals surface area contributed by atoms with Crippen molar-refractivity contribution < 1.29 is 19.1 Å². The molecule has 3 amide bonds. The number of amides is 3. The Balaban J connectivity index is 1.82. The topological polar surface area (TPSA) is 99.8 Å². The molecule has 0 radical (unpaired) electrons. The average Bonchev–Trinajstić information content (AvgIpc) is 2.91. The van der Waals surface area contributed by atoms with Gasteiger partial charge in [-0.2, -0.15) is 0 Å². The van der Waals surface area contributed by atoms with Gasteiger partial charge in [0.15, 0.2) is 0 Å². The molecule has 3 atom stereocenters. The molecule has 8 nitrogen and oxygen atoms in total. The number of carbonyl (C=O) groups is 3. The molecule has 3 rings (SSSR count). The van der Waals surface area contributed by atoms with E-state index in [1.165, 1.54) is 4.90 Å². The van der Waals surface area contributed by atoms with Crippen molar-refractivity contribution in [3.05, 3.63) is 65.7 Å². The van der Waals surface area contributed by atoms with E-state index in [-0.39, 0.29) is 17.7 Å². The fourth-order valence-corrected chi connectivity index (χ4v) is 4.42. The zero-order valence-electron chi connectivity index (χ0n) is 22.2. The molecule has 2 aromatic rings. The van der Waals surface area contributed by atoms with E-state index in [0.29, 0.717) is 32.5 Å². The minimum Gasteiger partial charge on any atom is -0.492 e. The summed E-state index contributed by atoms with van der Waals surface area (Å²) in [5.74, 6) is 0.0558. The van der Waals surface area contributed by atoms with Crippen molar-refractivity contribution in [2.45, 2.75) is 64.1 Å². The number of nitrogens with one attached hydrogen (secondary N) is 3. The molecule has 3 N–H and O–H groups in total. The van der Waals surface area contributed by atoms with Crippen LogP contribution in [0, 0.1) is 0 Å². The first-order chi connectivity index (χ1) is 17.9. The number of nitrogens with zero attached hydrogens (tertiary/aromatic N) is 1. The predicted molar refractivity (Wildman–Crippen MR) is 144 cm³/mol. The summed E-state index contributed by atoms with van der Waals surface area (Å²) in [7, 11) is 1.63. The van der Waals surface area contributed by atoms with Crippen molar-refractivity contribution in [3.63, 3.8) is 0 Å². The number of rotatable bonds is 4. The van der Waals surface area contributed by atoms with E-state index in [2.05, 4.69) is 16.0 Å². The Morgan fingerprint density at radius 2 is 1.68 bits per heavy atom. The van der Waals surface area contributed by atoms with Gasteiger partial charge in [-0.1, -0.05) is 61.9 Å². The molecule has 0 saturated heterocycles. The van der Waals surface area contributed by atoms with Crippen molar-refractivity contribution in [3.8, 4) is 5.75 Å². The molecule has 8 heteroatoms. The third-order valence-corrected chi connectivity index (χ3v) is 6.74. The minimum atomic E-state index is -0.750. The molecule has 0 saturated carbocycles. The number of hydrogen-bond acceptors (Lipinski definition) is 5. The van der Waals surface area contributed by atoms with Gasteiger partial charge in [0, 0.05) is 26.6 Å². The monoisotopic (exact) mass is 508 g/mol. The number of hydrogen-bond donors (Lipinski definition) is 3. The second-order valence-electron chi connectivity index (χ2n) is 9.52. The fourth-order valence-electron chi connectivity index (χ4n) is 4.42. The summed E-state index contributed by atoms with van der Waals surface area (Å²) >= 11 is 0. The standard InChI is InChI=1S/C29H40N4O4/c1-4-11-24-29(36)33(3)21(2)27(34)32-25(20-22-12-6-5-7-13-22)28(35)31-17-10-15-23-14-8-9-16-26(23)37-19-18-30-24/h5-9,12-14,16,21,24-25,30H,4,10-11,15,17-20H2,1-3H3,(H,31,35)(H,32,34)/t21-,24-,25+/m0/s1. The minimum absolute atomic E-state index is 0.157. The lowest BCUT2D eigenvalue weighted by Crippen LogP contribution is -2.56. The highest BCUT2D eigenvalue weighted by atomic mass is 16.5. The van der Waals surface area contributed by atoms with E-state index in [0.717, 1.165) is 36.1 Å². The Bertz CT molecular complexity index is 1030. The molecular weight excluding hydrogens is 468 g/mol. The van der Waals surface area contributed by atoms with Crippen molar-refractivity contribution in [2.75, 3.05) is 26.7 Å². The van der Waals surface area contributed by atoms with Crippen molar-refractivity contribution in [1.29, 1.82) is 0 Å². The zero-order chi connectivity index (χ0) is 26.6. The number of para-hydroxylation sites is 1. The highest BCUT2D eigenvalue weighted by Crippen LogP contribution is 2.19. The first-order valence-corrected chi connectivity index (χ1v) is 13.2. The molecule has 200 valence electrons. The summed E-state index contributed by atoms with van der Waals surface area (Å²) in [5, 5.41) is 9.19. The van der Waals surface area contributed by atoms with Gasteiger partial charge in [0.1, 0.15) is 24.4 Å². The van der Waals surface area contributed by atoms with Gasteiger partial charge in [-0.25, -0.2) is 0 Å². The van der Waals surface area contributed by atoms with Gasteiger partial charge in [0.25, 0.3) is 0 Å². The molecule has 1 heterocycles. The van der Waals surface area contributed by atoms with Gasteiger partial charge >= 0.3 is 0 Å². The highest BCUT2D eigenvalue weighted by Gasteiger charge is 2.30. The zero-order valence-corrected chi connectivity index (χ0v) is 22.2. The average molecular weight is 509 g/mol. The summed E-state index contributed by atoms with van der Waals surface area (Å²) < 4.78 is 6.03. The normalized spacial score (nSPS) is 22.6. The molecule has 0 spiro atoms. The lowest BCUT2D eigenvalue weighted by Gasteiger charge is -2.30. The van der Waals surface area contributed by atoms with Crippen LogP contribution in [0.2, 0.25) is 0 Å². The first-order valence-electron chi connectivity index (χ1n) is 13.2. The van der Waals surface area contributed by atoms with E-state index < -0.39 is 18.1 Å². The van der Waals surface area contributed by atoms with Crippen LogP contribution in [0.1, 0.15) is 44.2 Å². The first kappa shape index (κ1) is 28.2. The second kappa shape index (κ2) is 14.4. The van der Waals surface area contributed by atoms with Crippen molar-refractivity contribution >= 4 is 17.7 Å². The van der Waals surface area contributed by atoms with E-state index in [4.69, 9.17) is 4.74 Å². The van der Waals surface area contributed by atoms with Crippen LogP contribution < -0.4 is 20.7 Å². The molecular formula is C29H40N4O4. The molecule has 0 aliphatic carbocycles. The molecule has 37 heavy (non-hydrogen) atoms. The Labute approximate surface area is 220 Å². The second-order valence-corrected chi connectivity index (χ2v) is 9.52. The van der Waals surface area contributed by atoms with Gasteiger partial charge < -0.3 is 25.6 Å². The molecule has 2 aromatic carbocycles. The predicted octanol–water partition coefficient (Wildman–Crippen LogP) is 2.46. The van der Waals surface area contributed by atoms with Crippen LogP contribution >= 0.6 is 0 Å². The van der Waals surface area contributed by atoms with Crippen LogP contribution in [0.4, 0.5) is 0 Å². The van der Waals surface area contributed by atoms with Crippen molar-refractivity contribution in [1.82, 2.24) is 20.9 Å². The number of ether oxygens (including phenoxy) is 1. The molecule has 1 aliphatic rings. The van der Waals surface area contributed by atoms with E-state index >= 15 is 0 Å². The van der Waals surface area contributed by atoms with Crippen LogP contribution in [0.25, 0.3) is 0 Å². The summed E-state index contributed by atoms with van der Waals surface area (Å²) in [6.07, 6.45) is 3.31. The van der Waals surface area contributed by atoms with E-state index in [1.807, 2.05) is 61.5 Å². The molecule has 0 bridgehead atoms. The molecule has 0 fully saturated rings. The Hall–Kier alpha value is -3.39. The summed E-state index contributed by atoms with van der Waals surface area (Å²) in [4.78, 5) is 41.1. The fraction of sp³-hybridized carbons (Fsp3) is 0.483. The largest absolute Gasteiger partial charge is 0.492 e. The van der Waals surface area contributed by atoms with Crippen molar-refractivity contribution in [2.24, 2.45) is 0 Å². The van der Waals surface area contributed by atoms with Gasteiger partial charge in [-0.05, 0) is 43.4 Å². The number of likely N-dealkylation sites (N-methyl/N-ethyl adjacent to an activating group) is 1. The SMILES string of the molecule is CCC[C@@H]1NCCOc2ccccc2CCCNC(=O)[C@@H](Cc2ccccc2)NC(=O)[C@H](C)N(C)C1=O. The third-order valence-electron chi connectivity index (χ3n) is 6.74. The Morgan fingerprint density at radius 3 is 2.43 bits per heavy atom. The maximum absolute atomic E-state index is 13.3. The van der Waals surface area contributed by atoms with Crippen LogP contribution in [0.3, 0.4) is 0 Å². The van der Waals surface area contributed by atoms with Crippen LogP contribution in [-0.2, 0) is 27.2 Å². The number of carbonyl (C=O) groups excluding carboxylic acids is 3. The Kier molecular flexibility index (Phi) is 11.0. The number of fused-ring (bicyclic) bond motifs is 1. The maximum atomic E-state index is 13.3. The highest BCUT2D eigenvalue weighted by molar-refractivity contribution is 5.92. The van der Waals surface area contributed by atoms with Crippen LogP contribution in [0.5, 0.6) is 5.75 Å². The number of benzene rings is 2. The number of aryl methyl sites for hydroxylation is 1. The summed E-state index contributed by atoms with van der Waals surface area (Å²) in [6.45, 7) is 5.11. The molecule has 0 unspecified atom stereocenters. The molecule has 0 aromatic heterocycles. The van der Waals surface area contributed by atoms with Crippen LogP contribution in [-0.4, -0.2) is 67.5 Å². The lowest BCUT2D eigenvalue weighted by molar-refractivity contribution is -0.141. The van der Waals surface area contributed by atoms with Gasteiger partial charge in [-0.15, -0.1) is 0 Å². The van der Waals surface area contributed by atoms with Gasteiger partial charge in [0.05, 0.1) is 6.04 Å². The van der Waals surface area contributed by atoms with E-state index in [1.54, 1.807) is 14.0 Å².